The molecular formula is C20H26N3O2+. The van der Waals surface area contributed by atoms with Crippen LogP contribution in [-0.4, -0.2) is 52.3 Å². The SMILES string of the molecule is COc1cccc(C(=O)NCC[NH+]2CCN(c3ccccc3)CC2)c1. The quantitative estimate of drug-likeness (QED) is 0.819. The number of rotatable bonds is 6. The molecule has 0 atom stereocenters. The largest absolute Gasteiger partial charge is 0.497 e. The summed E-state index contributed by atoms with van der Waals surface area (Å²) in [5.74, 6) is 0.663. The number of hydrogen-bond donors (Lipinski definition) is 2. The molecule has 1 aliphatic heterocycles. The number of methoxy groups -OCH3 is 1. The number of quaternary nitrogens is 1. The van der Waals surface area contributed by atoms with Crippen LogP contribution in [-0.2, 0) is 0 Å². The molecule has 25 heavy (non-hydrogen) atoms. The molecule has 1 amide bonds. The lowest BCUT2D eigenvalue weighted by atomic mass is 10.2. The molecule has 1 saturated heterocycles. The first-order chi connectivity index (χ1) is 12.3. The highest BCUT2D eigenvalue weighted by Gasteiger charge is 2.19. The second-order valence-electron chi connectivity index (χ2n) is 6.31. The summed E-state index contributed by atoms with van der Waals surface area (Å²) in [7, 11) is 1.61. The minimum atomic E-state index is -0.0405. The number of carbonyl (C=O) groups is 1. The summed E-state index contributed by atoms with van der Waals surface area (Å²) >= 11 is 0. The Hall–Kier alpha value is -2.53. The van der Waals surface area contributed by atoms with Crippen LogP contribution in [0.5, 0.6) is 5.75 Å². The van der Waals surface area contributed by atoms with E-state index in [2.05, 4.69) is 40.5 Å². The molecule has 5 heteroatoms. The van der Waals surface area contributed by atoms with Crippen molar-refractivity contribution >= 4 is 11.6 Å². The predicted octanol–water partition coefficient (Wildman–Crippen LogP) is 0.830. The van der Waals surface area contributed by atoms with Crippen molar-refractivity contribution in [3.8, 4) is 5.75 Å². The normalized spacial score (nSPS) is 15.0. The molecule has 0 aliphatic carbocycles. The zero-order valence-electron chi connectivity index (χ0n) is 14.7. The van der Waals surface area contributed by atoms with Crippen molar-refractivity contribution < 1.29 is 14.4 Å². The topological polar surface area (TPSA) is 46.0 Å². The molecule has 1 aliphatic rings. The van der Waals surface area contributed by atoms with Crippen LogP contribution in [0.1, 0.15) is 10.4 Å². The number of nitrogens with zero attached hydrogens (tertiary/aromatic N) is 1. The van der Waals surface area contributed by atoms with Gasteiger partial charge in [-0.25, -0.2) is 0 Å². The summed E-state index contributed by atoms with van der Waals surface area (Å²) in [4.78, 5) is 16.2. The number of nitrogens with one attached hydrogen (secondary N) is 2. The Morgan fingerprint density at radius 2 is 1.88 bits per heavy atom. The van der Waals surface area contributed by atoms with E-state index in [1.54, 1.807) is 13.2 Å². The number of para-hydroxylation sites is 1. The first-order valence-electron chi connectivity index (χ1n) is 8.82. The molecule has 132 valence electrons. The fourth-order valence-electron chi connectivity index (χ4n) is 3.19. The van der Waals surface area contributed by atoms with E-state index in [0.29, 0.717) is 17.9 Å². The molecule has 0 saturated carbocycles. The highest BCUT2D eigenvalue weighted by atomic mass is 16.5. The molecule has 0 radical (unpaired) electrons. The Morgan fingerprint density at radius 3 is 2.60 bits per heavy atom. The van der Waals surface area contributed by atoms with Crippen molar-refractivity contribution in [3.05, 3.63) is 60.2 Å². The number of hydrogen-bond acceptors (Lipinski definition) is 3. The van der Waals surface area contributed by atoms with E-state index in [0.717, 1.165) is 32.7 Å². The van der Waals surface area contributed by atoms with Gasteiger partial charge in [-0.3, -0.25) is 4.79 Å². The van der Waals surface area contributed by atoms with Crippen LogP contribution in [0.25, 0.3) is 0 Å². The minimum Gasteiger partial charge on any atom is -0.497 e. The second kappa shape index (κ2) is 8.53. The van der Waals surface area contributed by atoms with Crippen LogP contribution >= 0.6 is 0 Å². The van der Waals surface area contributed by atoms with Crippen LogP contribution in [0.3, 0.4) is 0 Å². The number of carbonyl (C=O) groups excluding carboxylic acids is 1. The van der Waals surface area contributed by atoms with E-state index in [1.807, 2.05) is 18.2 Å². The zero-order chi connectivity index (χ0) is 17.5. The lowest BCUT2D eigenvalue weighted by Gasteiger charge is -2.33. The van der Waals surface area contributed by atoms with Gasteiger partial charge in [-0.2, -0.15) is 0 Å². The lowest BCUT2D eigenvalue weighted by molar-refractivity contribution is -0.899. The lowest BCUT2D eigenvalue weighted by Crippen LogP contribution is -3.15. The summed E-state index contributed by atoms with van der Waals surface area (Å²) in [5, 5.41) is 3.01. The third-order valence-corrected chi connectivity index (χ3v) is 4.69. The number of piperazine rings is 1. The molecule has 2 aromatic rings. The van der Waals surface area contributed by atoms with E-state index in [1.165, 1.54) is 10.6 Å². The van der Waals surface area contributed by atoms with Gasteiger partial charge in [-0.15, -0.1) is 0 Å². The molecule has 0 spiro atoms. The smallest absolute Gasteiger partial charge is 0.251 e. The summed E-state index contributed by atoms with van der Waals surface area (Å²) in [5.41, 5.74) is 1.94. The van der Waals surface area contributed by atoms with E-state index >= 15 is 0 Å². The molecule has 2 aromatic carbocycles. The molecular weight excluding hydrogens is 314 g/mol. The summed E-state index contributed by atoms with van der Waals surface area (Å²) < 4.78 is 5.16. The van der Waals surface area contributed by atoms with E-state index in [-0.39, 0.29) is 5.91 Å². The number of anilines is 1. The standard InChI is InChI=1S/C20H25N3O2/c1-25-19-9-5-6-17(16-19)20(24)21-10-11-22-12-14-23(15-13-22)18-7-3-2-4-8-18/h2-9,16H,10-15H2,1H3,(H,21,24)/p+1. The van der Waals surface area contributed by atoms with Crippen molar-refractivity contribution in [2.45, 2.75) is 0 Å². The Labute approximate surface area is 149 Å². The Bertz CT molecular complexity index is 682. The minimum absolute atomic E-state index is 0.0405. The summed E-state index contributed by atoms with van der Waals surface area (Å²) in [6.07, 6.45) is 0. The predicted molar refractivity (Wildman–Crippen MR) is 99.5 cm³/mol. The van der Waals surface area contributed by atoms with Crippen LogP contribution in [0.4, 0.5) is 5.69 Å². The van der Waals surface area contributed by atoms with Crippen LogP contribution in [0.2, 0.25) is 0 Å². The molecule has 0 unspecified atom stereocenters. The molecule has 5 nitrogen and oxygen atoms in total. The van der Waals surface area contributed by atoms with Gasteiger partial charge >= 0.3 is 0 Å². The highest BCUT2D eigenvalue weighted by Crippen LogP contribution is 2.13. The first kappa shape index (κ1) is 17.3. The van der Waals surface area contributed by atoms with Gasteiger partial charge in [0.05, 0.1) is 46.4 Å². The number of benzene rings is 2. The van der Waals surface area contributed by atoms with Gasteiger partial charge in [0.1, 0.15) is 5.75 Å². The maximum absolute atomic E-state index is 12.2. The van der Waals surface area contributed by atoms with Gasteiger partial charge in [0, 0.05) is 11.3 Å². The van der Waals surface area contributed by atoms with E-state index < -0.39 is 0 Å². The van der Waals surface area contributed by atoms with Crippen molar-refractivity contribution in [1.29, 1.82) is 0 Å². The Kier molecular flexibility index (Phi) is 5.90. The van der Waals surface area contributed by atoms with Crippen LogP contribution < -0.4 is 19.9 Å². The van der Waals surface area contributed by atoms with Crippen molar-refractivity contribution in [2.24, 2.45) is 0 Å². The van der Waals surface area contributed by atoms with Gasteiger partial charge in [0.15, 0.2) is 0 Å². The van der Waals surface area contributed by atoms with Gasteiger partial charge in [-0.05, 0) is 30.3 Å². The zero-order valence-corrected chi connectivity index (χ0v) is 14.7. The Balaban J connectivity index is 1.40. The second-order valence-corrected chi connectivity index (χ2v) is 6.31. The maximum Gasteiger partial charge on any atom is 0.251 e. The Morgan fingerprint density at radius 1 is 1.12 bits per heavy atom. The third kappa shape index (κ3) is 4.73. The molecule has 0 aromatic heterocycles. The van der Waals surface area contributed by atoms with E-state index in [9.17, 15) is 4.79 Å². The average molecular weight is 340 g/mol. The molecule has 1 heterocycles. The number of ether oxygens (including phenoxy) is 1. The van der Waals surface area contributed by atoms with Crippen molar-refractivity contribution in [2.75, 3.05) is 51.3 Å². The van der Waals surface area contributed by atoms with Crippen LogP contribution in [0, 0.1) is 0 Å². The fourth-order valence-corrected chi connectivity index (χ4v) is 3.19. The molecule has 1 fully saturated rings. The van der Waals surface area contributed by atoms with E-state index in [4.69, 9.17) is 4.74 Å². The molecule has 3 rings (SSSR count). The molecule has 0 bridgehead atoms. The highest BCUT2D eigenvalue weighted by molar-refractivity contribution is 5.94. The van der Waals surface area contributed by atoms with Crippen LogP contribution in [0.15, 0.2) is 54.6 Å². The first-order valence-corrected chi connectivity index (χ1v) is 8.82. The van der Waals surface area contributed by atoms with Gasteiger partial charge in [0.25, 0.3) is 5.91 Å². The van der Waals surface area contributed by atoms with Gasteiger partial charge in [-0.1, -0.05) is 24.3 Å². The van der Waals surface area contributed by atoms with Crippen molar-refractivity contribution in [3.63, 3.8) is 0 Å². The average Bonchev–Trinajstić information content (AvgIpc) is 2.69. The summed E-state index contributed by atoms with van der Waals surface area (Å²) in [6, 6.07) is 17.8. The molecule has 2 N–H and O–H groups in total. The van der Waals surface area contributed by atoms with Gasteiger partial charge < -0.3 is 19.9 Å². The summed E-state index contributed by atoms with van der Waals surface area (Å²) in [6.45, 7) is 5.97. The number of amides is 1. The monoisotopic (exact) mass is 340 g/mol. The maximum atomic E-state index is 12.2. The fraction of sp³-hybridized carbons (Fsp3) is 0.350. The van der Waals surface area contributed by atoms with Crippen molar-refractivity contribution in [1.82, 2.24) is 5.32 Å². The van der Waals surface area contributed by atoms with Gasteiger partial charge in [0.2, 0.25) is 0 Å². The third-order valence-electron chi connectivity index (χ3n) is 4.69.